The first-order valence-corrected chi connectivity index (χ1v) is 2.88. The first-order chi connectivity index (χ1) is 4.13. The predicted molar refractivity (Wildman–Crippen MR) is 38.1 cm³/mol. The molecule has 0 spiro atoms. The monoisotopic (exact) mass is 120 g/mol. The lowest BCUT2D eigenvalue weighted by atomic mass is 9.94. The molecule has 1 aromatic rings. The molecular formula is C6H9BN2. The van der Waals surface area contributed by atoms with Gasteiger partial charge >= 0.3 is 0 Å². The van der Waals surface area contributed by atoms with Gasteiger partial charge < -0.3 is 0 Å². The highest BCUT2D eigenvalue weighted by atomic mass is 15.3. The molecule has 1 heterocycles. The van der Waals surface area contributed by atoms with Crippen LogP contribution in [-0.4, -0.2) is 17.6 Å². The van der Waals surface area contributed by atoms with E-state index in [2.05, 4.69) is 5.10 Å². The van der Waals surface area contributed by atoms with Gasteiger partial charge in [-0.3, -0.25) is 4.68 Å². The van der Waals surface area contributed by atoms with E-state index in [9.17, 15) is 0 Å². The number of rotatable bonds is 0. The fourth-order valence-corrected chi connectivity index (χ4v) is 0.790. The van der Waals surface area contributed by atoms with Gasteiger partial charge in [0.2, 0.25) is 0 Å². The predicted octanol–water partition coefficient (Wildman–Crippen LogP) is -0.169. The Hall–Kier alpha value is -0.725. The number of aryl methyl sites for hydroxylation is 2. The summed E-state index contributed by atoms with van der Waals surface area (Å²) in [7, 11) is 7.51. The van der Waals surface area contributed by atoms with Gasteiger partial charge in [-0.1, -0.05) is 5.46 Å². The highest BCUT2D eigenvalue weighted by Gasteiger charge is 2.00. The standard InChI is InChI=1S/C6H9BN2/c1-4-6(7)5(2)9(3)8-4/h1-3H3. The third-order valence-electron chi connectivity index (χ3n) is 1.56. The van der Waals surface area contributed by atoms with Crippen LogP contribution in [0.5, 0.6) is 0 Å². The van der Waals surface area contributed by atoms with E-state index in [1.807, 2.05) is 20.9 Å². The summed E-state index contributed by atoms with van der Waals surface area (Å²) in [5.74, 6) is 0. The molecule has 0 amide bonds. The van der Waals surface area contributed by atoms with Crippen LogP contribution in [0.15, 0.2) is 0 Å². The van der Waals surface area contributed by atoms with E-state index in [4.69, 9.17) is 7.85 Å². The maximum absolute atomic E-state index is 5.62. The van der Waals surface area contributed by atoms with Crippen molar-refractivity contribution >= 4 is 13.3 Å². The largest absolute Gasteiger partial charge is 0.273 e. The molecule has 0 fully saturated rings. The van der Waals surface area contributed by atoms with Crippen molar-refractivity contribution in [3.8, 4) is 0 Å². The van der Waals surface area contributed by atoms with Gasteiger partial charge in [-0.05, 0) is 13.8 Å². The normalized spacial score (nSPS) is 10.1. The van der Waals surface area contributed by atoms with Crippen LogP contribution in [0.25, 0.3) is 0 Å². The minimum absolute atomic E-state index is 0.803. The SMILES string of the molecule is [B]c1c(C)nn(C)c1C. The molecule has 0 aromatic carbocycles. The van der Waals surface area contributed by atoms with Crippen molar-refractivity contribution in [3.05, 3.63) is 11.4 Å². The van der Waals surface area contributed by atoms with Crippen molar-refractivity contribution in [2.45, 2.75) is 13.8 Å². The second-order valence-corrected chi connectivity index (χ2v) is 2.21. The molecule has 1 rings (SSSR count). The van der Waals surface area contributed by atoms with Gasteiger partial charge in [0.25, 0.3) is 0 Å². The molecule has 9 heavy (non-hydrogen) atoms. The second-order valence-electron chi connectivity index (χ2n) is 2.21. The molecule has 0 N–H and O–H groups in total. The van der Waals surface area contributed by atoms with Gasteiger partial charge in [-0.15, -0.1) is 0 Å². The first kappa shape index (κ1) is 6.40. The Bertz CT molecular complexity index is 205. The average Bonchev–Trinajstić information content (AvgIpc) is 1.98. The molecule has 0 aliphatic heterocycles. The van der Waals surface area contributed by atoms with E-state index in [0.717, 1.165) is 16.9 Å². The van der Waals surface area contributed by atoms with Crippen LogP contribution >= 0.6 is 0 Å². The van der Waals surface area contributed by atoms with Gasteiger partial charge in [0.1, 0.15) is 7.85 Å². The van der Waals surface area contributed by atoms with Gasteiger partial charge in [-0.2, -0.15) is 5.10 Å². The van der Waals surface area contributed by atoms with Crippen LogP contribution in [0.2, 0.25) is 0 Å². The summed E-state index contributed by atoms with van der Waals surface area (Å²) in [5.41, 5.74) is 2.75. The third-order valence-corrected chi connectivity index (χ3v) is 1.56. The Labute approximate surface area is 56.3 Å². The second kappa shape index (κ2) is 1.90. The van der Waals surface area contributed by atoms with Crippen LogP contribution in [0, 0.1) is 13.8 Å². The molecule has 3 heteroatoms. The number of hydrogen-bond donors (Lipinski definition) is 0. The number of hydrogen-bond acceptors (Lipinski definition) is 1. The lowest BCUT2D eigenvalue weighted by Crippen LogP contribution is -2.07. The molecule has 0 saturated heterocycles. The zero-order valence-electron chi connectivity index (χ0n) is 5.97. The summed E-state index contributed by atoms with van der Waals surface area (Å²) in [6.45, 7) is 3.86. The zero-order valence-corrected chi connectivity index (χ0v) is 5.97. The molecule has 0 aliphatic carbocycles. The van der Waals surface area contributed by atoms with Crippen molar-refractivity contribution in [1.29, 1.82) is 0 Å². The van der Waals surface area contributed by atoms with E-state index in [1.54, 1.807) is 4.68 Å². The van der Waals surface area contributed by atoms with E-state index < -0.39 is 0 Å². The van der Waals surface area contributed by atoms with Crippen molar-refractivity contribution < 1.29 is 0 Å². The molecule has 0 aliphatic rings. The van der Waals surface area contributed by atoms with E-state index in [-0.39, 0.29) is 0 Å². The molecule has 1 aromatic heterocycles. The smallest absolute Gasteiger partial charge is 0.118 e. The molecule has 46 valence electrons. The van der Waals surface area contributed by atoms with E-state index in [0.29, 0.717) is 0 Å². The molecule has 0 atom stereocenters. The lowest BCUT2D eigenvalue weighted by Gasteiger charge is -1.91. The van der Waals surface area contributed by atoms with Crippen LogP contribution in [0.1, 0.15) is 11.4 Å². The quantitative estimate of drug-likeness (QED) is 0.434. The molecule has 0 bridgehead atoms. The van der Waals surface area contributed by atoms with Crippen molar-refractivity contribution in [2.75, 3.05) is 0 Å². The molecule has 2 radical (unpaired) electrons. The Morgan fingerprint density at radius 3 is 2.11 bits per heavy atom. The van der Waals surface area contributed by atoms with E-state index >= 15 is 0 Å². The first-order valence-electron chi connectivity index (χ1n) is 2.88. The highest BCUT2D eigenvalue weighted by Crippen LogP contribution is 1.92. The summed E-state index contributed by atoms with van der Waals surface area (Å²) in [6, 6.07) is 0. The number of aromatic nitrogens is 2. The van der Waals surface area contributed by atoms with Crippen LogP contribution < -0.4 is 5.46 Å². The Morgan fingerprint density at radius 2 is 2.00 bits per heavy atom. The highest BCUT2D eigenvalue weighted by molar-refractivity contribution is 6.33. The van der Waals surface area contributed by atoms with Crippen molar-refractivity contribution in [1.82, 2.24) is 9.78 Å². The zero-order chi connectivity index (χ0) is 7.02. The van der Waals surface area contributed by atoms with Crippen LogP contribution in [0.4, 0.5) is 0 Å². The van der Waals surface area contributed by atoms with Crippen molar-refractivity contribution in [3.63, 3.8) is 0 Å². The summed E-state index contributed by atoms with van der Waals surface area (Å²) in [5, 5.41) is 4.10. The summed E-state index contributed by atoms with van der Waals surface area (Å²) in [6.07, 6.45) is 0. The van der Waals surface area contributed by atoms with Crippen LogP contribution in [-0.2, 0) is 7.05 Å². The molecule has 0 saturated carbocycles. The summed E-state index contributed by atoms with van der Waals surface area (Å²) in [4.78, 5) is 0. The van der Waals surface area contributed by atoms with E-state index in [1.165, 1.54) is 0 Å². The average molecular weight is 120 g/mol. The molecule has 0 unspecified atom stereocenters. The maximum atomic E-state index is 5.62. The minimum Gasteiger partial charge on any atom is -0.273 e. The van der Waals surface area contributed by atoms with Gasteiger partial charge in [-0.25, -0.2) is 0 Å². The Kier molecular flexibility index (Phi) is 1.35. The lowest BCUT2D eigenvalue weighted by molar-refractivity contribution is 0.731. The summed E-state index contributed by atoms with van der Waals surface area (Å²) >= 11 is 0. The Balaban J connectivity index is 3.29. The van der Waals surface area contributed by atoms with Crippen LogP contribution in [0.3, 0.4) is 0 Å². The molecule has 2 nitrogen and oxygen atoms in total. The number of nitrogens with zero attached hydrogens (tertiary/aromatic N) is 2. The van der Waals surface area contributed by atoms with Gasteiger partial charge in [0.05, 0.1) is 5.69 Å². The Morgan fingerprint density at radius 1 is 1.44 bits per heavy atom. The minimum atomic E-state index is 0.803. The van der Waals surface area contributed by atoms with Gasteiger partial charge in [0.15, 0.2) is 0 Å². The van der Waals surface area contributed by atoms with Gasteiger partial charge in [0, 0.05) is 12.7 Å². The topological polar surface area (TPSA) is 17.8 Å². The third kappa shape index (κ3) is 0.868. The fraction of sp³-hybridized carbons (Fsp3) is 0.500. The van der Waals surface area contributed by atoms with Crippen molar-refractivity contribution in [2.24, 2.45) is 7.05 Å². The summed E-state index contributed by atoms with van der Waals surface area (Å²) < 4.78 is 1.78. The fourth-order valence-electron chi connectivity index (χ4n) is 0.790. The molecular weight excluding hydrogens is 111 g/mol. The maximum Gasteiger partial charge on any atom is 0.118 e.